The summed E-state index contributed by atoms with van der Waals surface area (Å²) in [6.45, 7) is 4.76. The molecule has 0 unspecified atom stereocenters. The minimum absolute atomic E-state index is 0.0713. The largest absolute Gasteiger partial charge is 0.507 e. The molecule has 1 aliphatic heterocycles. The van der Waals surface area contributed by atoms with Gasteiger partial charge in [-0.2, -0.15) is 0 Å². The number of benzene rings is 2. The predicted molar refractivity (Wildman–Crippen MR) is 124 cm³/mol. The molecule has 7 nitrogen and oxygen atoms in total. The van der Waals surface area contributed by atoms with Crippen molar-refractivity contribution in [1.82, 2.24) is 14.5 Å². The summed E-state index contributed by atoms with van der Waals surface area (Å²) in [5.74, 6) is -1.78. The van der Waals surface area contributed by atoms with E-state index in [2.05, 4.69) is 11.6 Å². The third-order valence-electron chi connectivity index (χ3n) is 5.57. The van der Waals surface area contributed by atoms with Gasteiger partial charge >= 0.3 is 0 Å². The van der Waals surface area contributed by atoms with Crippen LogP contribution in [0.1, 0.15) is 23.6 Å². The molecule has 2 aromatic carbocycles. The van der Waals surface area contributed by atoms with E-state index in [-0.39, 0.29) is 17.9 Å². The molecule has 0 saturated carbocycles. The summed E-state index contributed by atoms with van der Waals surface area (Å²) >= 11 is 0. The molecular formula is C26H24FN3O4. The monoisotopic (exact) mass is 461 g/mol. The second-order valence-electron chi connectivity index (χ2n) is 7.83. The van der Waals surface area contributed by atoms with Gasteiger partial charge in [-0.1, -0.05) is 24.8 Å². The fraction of sp³-hybridized carbons (Fsp3) is 0.192. The highest BCUT2D eigenvalue weighted by Crippen LogP contribution is 2.39. The first-order chi connectivity index (χ1) is 16.5. The number of carbonyl (C=O) groups excluding carboxylic acids is 2. The Kier molecular flexibility index (Phi) is 6.87. The maximum atomic E-state index is 14.1. The lowest BCUT2D eigenvalue weighted by Crippen LogP contribution is -2.31. The Balaban J connectivity index is 1.69. The van der Waals surface area contributed by atoms with Crippen LogP contribution in [0.3, 0.4) is 0 Å². The summed E-state index contributed by atoms with van der Waals surface area (Å²) in [6.07, 6.45) is 7.29. The van der Waals surface area contributed by atoms with Gasteiger partial charge < -0.3 is 19.3 Å². The number of rotatable bonds is 9. The van der Waals surface area contributed by atoms with E-state index in [1.165, 1.54) is 23.1 Å². The number of carbonyl (C=O) groups is 2. The number of Topliss-reactive ketones (excluding diaryl/α,β-unsaturated/α-hetero) is 1. The first-order valence-electron chi connectivity index (χ1n) is 10.8. The molecule has 1 fully saturated rings. The number of imidazole rings is 1. The molecule has 8 heteroatoms. The van der Waals surface area contributed by atoms with Gasteiger partial charge in [-0.25, -0.2) is 9.37 Å². The van der Waals surface area contributed by atoms with E-state index in [0.29, 0.717) is 36.4 Å². The molecule has 0 bridgehead atoms. The molecule has 174 valence electrons. The number of aryl methyl sites for hydroxylation is 1. The fourth-order valence-corrected chi connectivity index (χ4v) is 4.00. The standard InChI is InChI=1S/C26H24FN3O4/c1-2-15-34-21-9-7-18(8-10-21)24(31)22-23(19-5-3-6-20(27)16-19)30(26(33)25(22)32)13-4-12-29-14-11-28-17-29/h2-3,5-11,14,16-17,23,31H,1,4,12-13,15H2/t23-/m0/s1. The van der Waals surface area contributed by atoms with Crippen molar-refractivity contribution in [3.8, 4) is 5.75 Å². The average Bonchev–Trinajstić information content (AvgIpc) is 3.45. The van der Waals surface area contributed by atoms with Gasteiger partial charge in [0, 0.05) is 31.0 Å². The molecule has 1 saturated heterocycles. The van der Waals surface area contributed by atoms with Gasteiger partial charge in [0.25, 0.3) is 11.7 Å². The number of amides is 1. The summed E-state index contributed by atoms with van der Waals surface area (Å²) in [5.41, 5.74) is 0.691. The van der Waals surface area contributed by atoms with Crippen LogP contribution in [0.15, 0.2) is 85.5 Å². The van der Waals surface area contributed by atoms with Crippen molar-refractivity contribution >= 4 is 17.4 Å². The van der Waals surface area contributed by atoms with Gasteiger partial charge in [-0.05, 0) is 48.4 Å². The van der Waals surface area contributed by atoms with Gasteiger partial charge in [0.2, 0.25) is 0 Å². The predicted octanol–water partition coefficient (Wildman–Crippen LogP) is 4.10. The average molecular weight is 461 g/mol. The molecule has 1 aliphatic rings. The maximum Gasteiger partial charge on any atom is 0.295 e. The summed E-state index contributed by atoms with van der Waals surface area (Å²) < 4.78 is 21.4. The molecule has 2 heterocycles. The lowest BCUT2D eigenvalue weighted by Gasteiger charge is -2.25. The second kappa shape index (κ2) is 10.2. The van der Waals surface area contributed by atoms with E-state index >= 15 is 0 Å². The van der Waals surface area contributed by atoms with E-state index in [1.807, 2.05) is 4.57 Å². The van der Waals surface area contributed by atoms with Crippen LogP contribution >= 0.6 is 0 Å². The Morgan fingerprint density at radius 3 is 2.65 bits per heavy atom. The first-order valence-corrected chi connectivity index (χ1v) is 10.8. The van der Waals surface area contributed by atoms with Crippen molar-refractivity contribution in [2.45, 2.75) is 19.0 Å². The van der Waals surface area contributed by atoms with Gasteiger partial charge in [-0.3, -0.25) is 9.59 Å². The number of halogens is 1. The highest BCUT2D eigenvalue weighted by Gasteiger charge is 2.45. The van der Waals surface area contributed by atoms with Gasteiger partial charge in [0.15, 0.2) is 0 Å². The van der Waals surface area contributed by atoms with Crippen LogP contribution in [0.25, 0.3) is 5.76 Å². The van der Waals surface area contributed by atoms with Crippen molar-refractivity contribution in [1.29, 1.82) is 0 Å². The number of ether oxygens (including phenoxy) is 1. The van der Waals surface area contributed by atoms with Crippen LogP contribution < -0.4 is 4.74 Å². The molecule has 0 spiro atoms. The van der Waals surface area contributed by atoms with E-state index in [9.17, 15) is 19.1 Å². The molecule has 3 aromatic rings. The van der Waals surface area contributed by atoms with E-state index in [0.717, 1.165) is 0 Å². The first kappa shape index (κ1) is 23.0. The van der Waals surface area contributed by atoms with Crippen molar-refractivity contribution < 1.29 is 23.8 Å². The molecule has 1 N–H and O–H groups in total. The molecule has 1 aromatic heterocycles. The van der Waals surface area contributed by atoms with Crippen LogP contribution in [0, 0.1) is 5.82 Å². The third kappa shape index (κ3) is 4.76. The lowest BCUT2D eigenvalue weighted by atomic mass is 9.95. The van der Waals surface area contributed by atoms with Crippen molar-refractivity contribution in [2.24, 2.45) is 0 Å². The van der Waals surface area contributed by atoms with Crippen LogP contribution in [0.5, 0.6) is 5.75 Å². The Morgan fingerprint density at radius 1 is 1.18 bits per heavy atom. The molecule has 34 heavy (non-hydrogen) atoms. The van der Waals surface area contributed by atoms with Gasteiger partial charge in [0.1, 0.15) is 23.9 Å². The minimum Gasteiger partial charge on any atom is -0.507 e. The van der Waals surface area contributed by atoms with Gasteiger partial charge in [0.05, 0.1) is 17.9 Å². The van der Waals surface area contributed by atoms with E-state index in [1.54, 1.807) is 55.1 Å². The van der Waals surface area contributed by atoms with Crippen LogP contribution in [0.4, 0.5) is 4.39 Å². The topological polar surface area (TPSA) is 84.7 Å². The lowest BCUT2D eigenvalue weighted by molar-refractivity contribution is -0.139. The second-order valence-corrected chi connectivity index (χ2v) is 7.83. The minimum atomic E-state index is -0.907. The van der Waals surface area contributed by atoms with Crippen LogP contribution in [-0.4, -0.2) is 44.4 Å². The Morgan fingerprint density at radius 2 is 1.97 bits per heavy atom. The molecule has 0 aliphatic carbocycles. The third-order valence-corrected chi connectivity index (χ3v) is 5.57. The molecule has 1 amide bonds. The number of nitrogens with zero attached hydrogens (tertiary/aromatic N) is 3. The zero-order chi connectivity index (χ0) is 24.1. The van der Waals surface area contributed by atoms with Crippen LogP contribution in [-0.2, 0) is 16.1 Å². The Labute approximate surface area is 196 Å². The van der Waals surface area contributed by atoms with Crippen molar-refractivity contribution in [3.05, 3.63) is 102 Å². The summed E-state index contributed by atoms with van der Waals surface area (Å²) in [6, 6.07) is 11.3. The summed E-state index contributed by atoms with van der Waals surface area (Å²) in [5, 5.41) is 11.1. The van der Waals surface area contributed by atoms with E-state index in [4.69, 9.17) is 4.74 Å². The van der Waals surface area contributed by atoms with Crippen molar-refractivity contribution in [3.63, 3.8) is 0 Å². The number of ketones is 1. The number of hydrogen-bond donors (Lipinski definition) is 1. The highest BCUT2D eigenvalue weighted by atomic mass is 19.1. The number of aliphatic hydroxyl groups excluding tert-OH is 1. The number of likely N-dealkylation sites (tertiary alicyclic amines) is 1. The quantitative estimate of drug-likeness (QED) is 0.225. The number of aliphatic hydroxyl groups is 1. The van der Waals surface area contributed by atoms with Gasteiger partial charge in [-0.15, -0.1) is 0 Å². The molecule has 0 radical (unpaired) electrons. The Bertz CT molecular complexity index is 1220. The molecule has 1 atom stereocenters. The summed E-state index contributed by atoms with van der Waals surface area (Å²) in [4.78, 5) is 31.4. The highest BCUT2D eigenvalue weighted by molar-refractivity contribution is 6.46. The zero-order valence-electron chi connectivity index (χ0n) is 18.4. The molecular weight excluding hydrogens is 437 g/mol. The maximum absolute atomic E-state index is 14.1. The van der Waals surface area contributed by atoms with Crippen molar-refractivity contribution in [2.75, 3.05) is 13.2 Å². The normalized spacial score (nSPS) is 17.2. The molecule has 4 rings (SSSR count). The Hall–Kier alpha value is -4.20. The van der Waals surface area contributed by atoms with Crippen LogP contribution in [0.2, 0.25) is 0 Å². The zero-order valence-corrected chi connectivity index (χ0v) is 18.4. The van der Waals surface area contributed by atoms with E-state index < -0.39 is 23.5 Å². The smallest absolute Gasteiger partial charge is 0.295 e. The fourth-order valence-electron chi connectivity index (χ4n) is 4.00. The summed E-state index contributed by atoms with van der Waals surface area (Å²) in [7, 11) is 0. The number of aromatic nitrogens is 2. The SMILES string of the molecule is C=CCOc1ccc(C(O)=C2C(=O)C(=O)N(CCCn3ccnc3)[C@H]2c2cccc(F)c2)cc1. The number of hydrogen-bond acceptors (Lipinski definition) is 5.